The van der Waals surface area contributed by atoms with Gasteiger partial charge in [-0.1, -0.05) is 29.8 Å². The highest BCUT2D eigenvalue weighted by Crippen LogP contribution is 2.32. The largest absolute Gasteiger partial charge is 0.369 e. The van der Waals surface area contributed by atoms with Crippen molar-refractivity contribution in [2.75, 3.05) is 11.4 Å². The van der Waals surface area contributed by atoms with Gasteiger partial charge in [0.2, 0.25) is 5.91 Å². The van der Waals surface area contributed by atoms with Crippen LogP contribution in [0.1, 0.15) is 10.6 Å². The van der Waals surface area contributed by atoms with Crippen LogP contribution in [-0.2, 0) is 17.8 Å². The molecule has 8 nitrogen and oxygen atoms in total. The molecule has 0 unspecified atom stereocenters. The minimum atomic E-state index is -0.518. The standard InChI is InChI=1S/C21H17ClN6O2S/c1-13-23-17(12-31-13)14-6-7-18-15(10-14)8-9-26(18)20(29)11-27-21(30)28(25-24-27)19-5-3-2-4-16(19)22/h2-7,10,12H,8-9,11H2,1H3. The molecule has 2 aromatic carbocycles. The van der Waals surface area contributed by atoms with Gasteiger partial charge in [-0.05, 0) is 53.6 Å². The fourth-order valence-electron chi connectivity index (χ4n) is 3.68. The number of hydrogen-bond acceptors (Lipinski definition) is 6. The normalized spacial score (nSPS) is 12.9. The Morgan fingerprint density at radius 1 is 1.16 bits per heavy atom. The summed E-state index contributed by atoms with van der Waals surface area (Å²) in [4.78, 5) is 31.9. The second-order valence-corrected chi connectivity index (χ2v) is 8.64. The summed E-state index contributed by atoms with van der Waals surface area (Å²) in [7, 11) is 0. The quantitative estimate of drug-likeness (QED) is 0.475. The van der Waals surface area contributed by atoms with Gasteiger partial charge in [-0.3, -0.25) is 4.79 Å². The van der Waals surface area contributed by atoms with Gasteiger partial charge in [0.1, 0.15) is 6.54 Å². The van der Waals surface area contributed by atoms with Gasteiger partial charge in [0, 0.05) is 23.2 Å². The molecule has 156 valence electrons. The molecule has 2 aromatic heterocycles. The van der Waals surface area contributed by atoms with E-state index in [2.05, 4.69) is 21.5 Å². The van der Waals surface area contributed by atoms with Gasteiger partial charge in [0.25, 0.3) is 0 Å². The minimum Gasteiger partial charge on any atom is -0.310 e. The molecule has 0 bridgehead atoms. The molecule has 1 aliphatic heterocycles. The van der Waals surface area contributed by atoms with Gasteiger partial charge in [-0.15, -0.1) is 11.3 Å². The summed E-state index contributed by atoms with van der Waals surface area (Å²) in [6, 6.07) is 12.8. The number of hydrogen-bond donors (Lipinski definition) is 0. The maximum atomic E-state index is 13.0. The van der Waals surface area contributed by atoms with Crippen LogP contribution >= 0.6 is 22.9 Å². The first-order valence-electron chi connectivity index (χ1n) is 9.65. The molecule has 0 N–H and O–H groups in total. The van der Waals surface area contributed by atoms with Crippen LogP contribution in [0.5, 0.6) is 0 Å². The zero-order valence-electron chi connectivity index (χ0n) is 16.5. The van der Waals surface area contributed by atoms with Crippen molar-refractivity contribution < 1.29 is 4.79 Å². The van der Waals surface area contributed by atoms with E-state index in [0.29, 0.717) is 17.3 Å². The third-order valence-electron chi connectivity index (χ3n) is 5.20. The molecule has 4 aromatic rings. The van der Waals surface area contributed by atoms with Crippen molar-refractivity contribution in [1.29, 1.82) is 0 Å². The minimum absolute atomic E-state index is 0.199. The summed E-state index contributed by atoms with van der Waals surface area (Å²) < 4.78 is 2.14. The van der Waals surface area contributed by atoms with Crippen molar-refractivity contribution in [3.8, 4) is 16.9 Å². The lowest BCUT2D eigenvalue weighted by Crippen LogP contribution is -2.36. The van der Waals surface area contributed by atoms with Gasteiger partial charge < -0.3 is 4.90 Å². The molecule has 1 aliphatic rings. The molecule has 0 aliphatic carbocycles. The van der Waals surface area contributed by atoms with E-state index in [4.69, 9.17) is 11.6 Å². The topological polar surface area (TPSA) is 85.9 Å². The Bertz CT molecular complexity index is 1360. The zero-order valence-corrected chi connectivity index (χ0v) is 18.1. The molecule has 10 heteroatoms. The van der Waals surface area contributed by atoms with Crippen molar-refractivity contribution in [2.24, 2.45) is 0 Å². The highest BCUT2D eigenvalue weighted by molar-refractivity contribution is 7.09. The monoisotopic (exact) mass is 452 g/mol. The first kappa shape index (κ1) is 19.7. The second-order valence-electron chi connectivity index (χ2n) is 7.17. The number of anilines is 1. The van der Waals surface area contributed by atoms with Crippen molar-refractivity contribution in [1.82, 2.24) is 24.8 Å². The molecule has 0 saturated heterocycles. The number of fused-ring (bicyclic) bond motifs is 1. The Morgan fingerprint density at radius 3 is 2.77 bits per heavy atom. The lowest BCUT2D eigenvalue weighted by atomic mass is 10.1. The Morgan fingerprint density at radius 2 is 2.00 bits per heavy atom. The summed E-state index contributed by atoms with van der Waals surface area (Å²) >= 11 is 7.76. The number of thiazole rings is 1. The van der Waals surface area contributed by atoms with Crippen LogP contribution in [0.25, 0.3) is 16.9 Å². The fraction of sp³-hybridized carbons (Fsp3) is 0.190. The Hall–Kier alpha value is -3.30. The van der Waals surface area contributed by atoms with Crippen molar-refractivity contribution in [3.63, 3.8) is 0 Å². The number of para-hydroxylation sites is 1. The molecule has 31 heavy (non-hydrogen) atoms. The SMILES string of the molecule is Cc1nc(-c2ccc3c(c2)CCN3C(=O)Cn2nnn(-c3ccccc3Cl)c2=O)cs1. The molecular formula is C21H17ClN6O2S. The number of tetrazole rings is 1. The Balaban J connectivity index is 1.37. The van der Waals surface area contributed by atoms with E-state index >= 15 is 0 Å². The molecule has 0 spiro atoms. The molecular weight excluding hydrogens is 436 g/mol. The highest BCUT2D eigenvalue weighted by atomic mass is 35.5. The van der Waals surface area contributed by atoms with E-state index in [1.54, 1.807) is 40.5 Å². The van der Waals surface area contributed by atoms with E-state index in [1.165, 1.54) is 0 Å². The van der Waals surface area contributed by atoms with Crippen molar-refractivity contribution >= 4 is 34.5 Å². The number of aryl methyl sites for hydroxylation is 1. The van der Waals surface area contributed by atoms with Crippen molar-refractivity contribution in [2.45, 2.75) is 19.9 Å². The van der Waals surface area contributed by atoms with E-state index in [0.717, 1.165) is 43.3 Å². The third-order valence-corrected chi connectivity index (χ3v) is 6.29. The first-order valence-corrected chi connectivity index (χ1v) is 10.9. The average molecular weight is 453 g/mol. The number of carbonyl (C=O) groups is 1. The molecule has 1 amide bonds. The number of nitrogens with zero attached hydrogens (tertiary/aromatic N) is 6. The van der Waals surface area contributed by atoms with Crippen LogP contribution in [0.15, 0.2) is 52.6 Å². The number of benzene rings is 2. The van der Waals surface area contributed by atoms with Crippen LogP contribution in [-0.4, -0.2) is 37.2 Å². The lowest BCUT2D eigenvalue weighted by molar-refractivity contribution is -0.119. The van der Waals surface area contributed by atoms with Crippen LogP contribution < -0.4 is 10.6 Å². The second kappa shape index (κ2) is 7.75. The maximum Gasteiger partial charge on any atom is 0.369 e. The predicted octanol–water partition coefficient (Wildman–Crippen LogP) is 3.10. The third kappa shape index (κ3) is 3.55. The van der Waals surface area contributed by atoms with Gasteiger partial charge in [-0.25, -0.2) is 9.78 Å². The van der Waals surface area contributed by atoms with Gasteiger partial charge >= 0.3 is 5.69 Å². The molecule has 0 fully saturated rings. The number of aromatic nitrogens is 5. The summed E-state index contributed by atoms with van der Waals surface area (Å²) in [5.74, 6) is -0.218. The molecule has 5 rings (SSSR count). The molecule has 3 heterocycles. The number of halogens is 1. The first-order chi connectivity index (χ1) is 15.0. The van der Waals surface area contributed by atoms with Crippen LogP contribution in [0, 0.1) is 6.92 Å². The number of rotatable bonds is 4. The number of carbonyl (C=O) groups excluding carboxylic acids is 1. The van der Waals surface area contributed by atoms with E-state index in [-0.39, 0.29) is 12.5 Å². The summed E-state index contributed by atoms with van der Waals surface area (Å²) in [5, 5.41) is 11.2. The average Bonchev–Trinajstić information content (AvgIpc) is 3.47. The predicted molar refractivity (Wildman–Crippen MR) is 119 cm³/mol. The summed E-state index contributed by atoms with van der Waals surface area (Å²) in [6.45, 7) is 2.34. The van der Waals surface area contributed by atoms with E-state index in [9.17, 15) is 9.59 Å². The smallest absolute Gasteiger partial charge is 0.310 e. The van der Waals surface area contributed by atoms with Gasteiger partial charge in [0.15, 0.2) is 0 Å². The van der Waals surface area contributed by atoms with E-state index < -0.39 is 5.69 Å². The van der Waals surface area contributed by atoms with E-state index in [1.807, 2.05) is 24.4 Å². The maximum absolute atomic E-state index is 13.0. The summed E-state index contributed by atoms with van der Waals surface area (Å²) in [6.07, 6.45) is 0.749. The lowest BCUT2D eigenvalue weighted by Gasteiger charge is -2.17. The van der Waals surface area contributed by atoms with Crippen LogP contribution in [0.3, 0.4) is 0 Å². The van der Waals surface area contributed by atoms with Crippen LogP contribution in [0.4, 0.5) is 5.69 Å². The van der Waals surface area contributed by atoms with Gasteiger partial charge in [-0.2, -0.15) is 9.36 Å². The fourth-order valence-corrected chi connectivity index (χ4v) is 4.52. The van der Waals surface area contributed by atoms with Gasteiger partial charge in [0.05, 0.1) is 21.4 Å². The Kier molecular flexibility index (Phi) is 4.91. The molecule has 0 atom stereocenters. The summed E-state index contributed by atoms with van der Waals surface area (Å²) in [5.41, 5.74) is 3.82. The molecule has 0 saturated carbocycles. The molecule has 0 radical (unpaired) electrons. The zero-order chi connectivity index (χ0) is 21.5. The van der Waals surface area contributed by atoms with Crippen LogP contribution in [0.2, 0.25) is 5.02 Å². The number of amides is 1. The highest BCUT2D eigenvalue weighted by Gasteiger charge is 2.26. The van der Waals surface area contributed by atoms with Crippen molar-refractivity contribution in [3.05, 3.63) is 73.9 Å². The Labute approximate surface area is 186 Å².